The van der Waals surface area contributed by atoms with Crippen LogP contribution in [0.25, 0.3) is 10.1 Å². The largest absolute Gasteiger partial charge is 0.311 e. The maximum Gasteiger partial charge on any atom is 0.264 e. The van der Waals surface area contributed by atoms with Gasteiger partial charge in [0.25, 0.3) is 6.71 Å². The summed E-state index contributed by atoms with van der Waals surface area (Å²) in [7, 11) is 0. The SMILES string of the molecule is CC(C)c1ccc(N(c2ccc(C(C)C)cc2)c2cc3c4c(c2)N(c2ccc5c(c2)C(C)(C)CCC5(C)C)c2c(sc5cc6c(cc25)C(C)(C)CCC6(C)C)B4c2cc4c(cc2N3c2ccc3c(c2)C(C)(C)CCC3(C)C)C(C)(C)CCC4(C)C)cc1. The van der Waals surface area contributed by atoms with Gasteiger partial charge in [-0.25, -0.2) is 0 Å². The molecule has 0 saturated carbocycles. The first-order valence-electron chi connectivity index (χ1n) is 33.6. The van der Waals surface area contributed by atoms with Crippen LogP contribution >= 0.6 is 11.3 Å². The lowest BCUT2D eigenvalue weighted by Crippen LogP contribution is -2.61. The Morgan fingerprint density at radius 2 is 0.736 bits per heavy atom. The van der Waals surface area contributed by atoms with Gasteiger partial charge in [0.2, 0.25) is 0 Å². The Morgan fingerprint density at radius 1 is 0.368 bits per heavy atom. The maximum atomic E-state index is 2.81. The van der Waals surface area contributed by atoms with Crippen molar-refractivity contribution in [1.82, 2.24) is 0 Å². The summed E-state index contributed by atoms with van der Waals surface area (Å²) in [6.07, 6.45) is 9.36. The number of hydrogen-bond donors (Lipinski definition) is 0. The van der Waals surface area contributed by atoms with Crippen LogP contribution in [0.15, 0.2) is 121 Å². The number of hydrogen-bond acceptors (Lipinski definition) is 4. The third-order valence-electron chi connectivity index (χ3n) is 23.7. The van der Waals surface area contributed by atoms with E-state index in [9.17, 15) is 0 Å². The van der Waals surface area contributed by atoms with Gasteiger partial charge in [0, 0.05) is 54.7 Å². The van der Waals surface area contributed by atoms with Crippen molar-refractivity contribution in [1.29, 1.82) is 0 Å². The van der Waals surface area contributed by atoms with Crippen LogP contribution < -0.4 is 30.4 Å². The van der Waals surface area contributed by atoms with E-state index in [1.54, 1.807) is 0 Å². The predicted molar refractivity (Wildman–Crippen MR) is 380 cm³/mol. The first kappa shape index (κ1) is 58.6. The summed E-state index contributed by atoms with van der Waals surface area (Å²) in [6.45, 7) is 49.3. The van der Waals surface area contributed by atoms with Crippen molar-refractivity contribution in [2.45, 2.75) is 245 Å². The Labute approximate surface area is 528 Å². The van der Waals surface area contributed by atoms with E-state index in [-0.39, 0.29) is 50.0 Å². The molecule has 0 bridgehead atoms. The van der Waals surface area contributed by atoms with E-state index >= 15 is 0 Å². The highest BCUT2D eigenvalue weighted by atomic mass is 32.1. The van der Waals surface area contributed by atoms with Crippen molar-refractivity contribution < 1.29 is 0 Å². The zero-order valence-corrected chi connectivity index (χ0v) is 57.5. The minimum Gasteiger partial charge on any atom is -0.311 e. The molecule has 8 aromatic rings. The fraction of sp³-hybridized carbons (Fsp3) is 0.463. The summed E-state index contributed by atoms with van der Waals surface area (Å²) in [5.41, 5.74) is 29.2. The Balaban J connectivity index is 1.17. The zero-order valence-electron chi connectivity index (χ0n) is 56.7. The lowest BCUT2D eigenvalue weighted by Gasteiger charge is -2.48. The van der Waals surface area contributed by atoms with Gasteiger partial charge in [-0.2, -0.15) is 0 Å². The quantitative estimate of drug-likeness (QED) is 0.147. The molecule has 0 fully saturated rings. The normalized spacial score (nSPS) is 20.7. The molecule has 7 aromatic carbocycles. The average Bonchev–Trinajstić information content (AvgIpc) is 1.69. The molecule has 1 aromatic heterocycles. The second kappa shape index (κ2) is 19.2. The van der Waals surface area contributed by atoms with Gasteiger partial charge in [0.1, 0.15) is 0 Å². The molecule has 0 unspecified atom stereocenters. The van der Waals surface area contributed by atoms with E-state index in [0.717, 1.165) is 42.7 Å². The van der Waals surface area contributed by atoms with E-state index in [4.69, 9.17) is 0 Å². The van der Waals surface area contributed by atoms with Gasteiger partial charge in [0.05, 0.1) is 11.4 Å². The van der Waals surface area contributed by atoms with E-state index in [1.165, 1.54) is 141 Å². The van der Waals surface area contributed by atoms with Crippen molar-refractivity contribution in [3.63, 3.8) is 0 Å². The fourth-order valence-corrected chi connectivity index (χ4v) is 18.5. The minimum atomic E-state index is -0.0201. The van der Waals surface area contributed by atoms with Crippen molar-refractivity contribution in [3.05, 3.63) is 177 Å². The van der Waals surface area contributed by atoms with Crippen LogP contribution in [0.1, 0.15) is 257 Å². The number of nitrogens with zero attached hydrogens (tertiary/aromatic N) is 3. The Bertz CT molecular complexity index is 4080. The molecular weight excluding hydrogens is 1070 g/mol. The summed E-state index contributed by atoms with van der Waals surface area (Å²) in [6, 6.07) is 50.6. The molecule has 0 amide bonds. The molecule has 0 spiro atoms. The Morgan fingerprint density at radius 3 is 1.17 bits per heavy atom. The molecule has 0 saturated heterocycles. The predicted octanol–water partition coefficient (Wildman–Crippen LogP) is 22.1. The van der Waals surface area contributed by atoms with Crippen molar-refractivity contribution in [3.8, 4) is 0 Å². The van der Waals surface area contributed by atoms with E-state index in [1.807, 2.05) is 0 Å². The third-order valence-corrected chi connectivity index (χ3v) is 24.9. The molecule has 4 aliphatic carbocycles. The highest BCUT2D eigenvalue weighted by molar-refractivity contribution is 7.33. The molecular formula is C82H98BN3S. The smallest absolute Gasteiger partial charge is 0.264 e. The maximum absolute atomic E-state index is 2.81. The monoisotopic (exact) mass is 1170 g/mol. The fourth-order valence-electron chi connectivity index (χ4n) is 17.2. The lowest BCUT2D eigenvalue weighted by molar-refractivity contribution is 0.332. The summed E-state index contributed by atoms with van der Waals surface area (Å²) >= 11 is 2.10. The Hall–Kier alpha value is -6.04. The molecule has 3 nitrogen and oxygen atoms in total. The van der Waals surface area contributed by atoms with Crippen molar-refractivity contribution >= 4 is 95.0 Å². The van der Waals surface area contributed by atoms with E-state index in [2.05, 4.69) is 286 Å². The van der Waals surface area contributed by atoms with Crippen LogP contribution in [-0.4, -0.2) is 6.71 Å². The van der Waals surface area contributed by atoms with Gasteiger partial charge in [-0.15, -0.1) is 11.3 Å². The second-order valence-electron chi connectivity index (χ2n) is 34.0. The number of fused-ring (bicyclic) bond motifs is 10. The molecule has 0 N–H and O–H groups in total. The summed E-state index contributed by atoms with van der Waals surface area (Å²) < 4.78 is 2.87. The summed E-state index contributed by atoms with van der Waals surface area (Å²) in [4.78, 5) is 8.18. The highest BCUT2D eigenvalue weighted by Gasteiger charge is 2.50. The molecule has 5 heteroatoms. The van der Waals surface area contributed by atoms with Crippen LogP contribution in [0.5, 0.6) is 0 Å². The van der Waals surface area contributed by atoms with Gasteiger partial charge in [0.15, 0.2) is 0 Å². The summed E-state index contributed by atoms with van der Waals surface area (Å²) in [5.74, 6) is 0.838. The number of anilines is 9. The van der Waals surface area contributed by atoms with Crippen LogP contribution in [0.3, 0.4) is 0 Å². The van der Waals surface area contributed by atoms with Crippen LogP contribution in [-0.2, 0) is 43.3 Å². The third kappa shape index (κ3) is 9.03. The van der Waals surface area contributed by atoms with Crippen LogP contribution in [0.2, 0.25) is 0 Å². The first-order valence-corrected chi connectivity index (χ1v) is 34.4. The van der Waals surface area contributed by atoms with E-state index < -0.39 is 0 Å². The molecule has 87 heavy (non-hydrogen) atoms. The number of benzene rings is 7. The molecule has 450 valence electrons. The van der Waals surface area contributed by atoms with Crippen LogP contribution in [0.4, 0.5) is 51.2 Å². The molecule has 6 aliphatic rings. The van der Waals surface area contributed by atoms with Crippen LogP contribution in [0, 0.1) is 0 Å². The van der Waals surface area contributed by atoms with Gasteiger partial charge in [-0.3, -0.25) is 0 Å². The van der Waals surface area contributed by atoms with Gasteiger partial charge >= 0.3 is 0 Å². The van der Waals surface area contributed by atoms with Crippen molar-refractivity contribution in [2.24, 2.45) is 0 Å². The van der Waals surface area contributed by atoms with E-state index in [0.29, 0.717) is 11.8 Å². The minimum absolute atomic E-state index is 0.00140. The van der Waals surface area contributed by atoms with Crippen molar-refractivity contribution in [2.75, 3.05) is 14.7 Å². The zero-order chi connectivity index (χ0) is 61.8. The molecule has 2 aliphatic heterocycles. The molecule has 0 atom stereocenters. The summed E-state index contributed by atoms with van der Waals surface area (Å²) in [5, 5.41) is 1.39. The lowest BCUT2D eigenvalue weighted by atomic mass is 9.35. The molecule has 14 rings (SSSR count). The average molecular weight is 1170 g/mol. The standard InChI is InChI=1S/C82H98BN3S/c1-49(2)51-21-25-53(26-22-51)84(54-27-23-52(24-28-54)50(3)4)57-43-69-72-70(44-57)86(56-30-32-60-62(42-56)78(11,12)36-34-76(60,7)8)73-58-45-63-66(82(19,20)40-37-79(63,13)14)48-71(58)87-74(73)83(72)67-46-64-65(81(17,18)39-38-80(64,15)16)47-68(67)85(69)55-29-31-59-61(41-55)77(9,10)35-33-75(59,5)6/h21-32,41-50H,33-40H2,1-20H3. The van der Waals surface area contributed by atoms with Gasteiger partial charge in [-0.1, -0.05) is 181 Å². The number of thiophene rings is 1. The van der Waals surface area contributed by atoms with Gasteiger partial charge < -0.3 is 14.7 Å². The highest BCUT2D eigenvalue weighted by Crippen LogP contribution is 2.58. The molecule has 3 heterocycles. The second-order valence-corrected chi connectivity index (χ2v) is 35.1. The topological polar surface area (TPSA) is 9.72 Å². The first-order chi connectivity index (χ1) is 40.7. The van der Waals surface area contributed by atoms with Gasteiger partial charge in [-0.05, 0) is 252 Å². The molecule has 0 radical (unpaired) electrons. The Kier molecular flexibility index (Phi) is 13.0. The number of rotatable bonds is 7.